The maximum Gasteiger partial charge on any atom is 0.338 e. The predicted octanol–water partition coefficient (Wildman–Crippen LogP) is 5.71. The Bertz CT molecular complexity index is 538. The number of carbonyl (C=O) groups is 2. The first-order valence-electron chi connectivity index (χ1n) is 9.57. The molecular formula is C21H32O4. The fraction of sp³-hybridized carbons (Fsp3) is 0.619. The van der Waals surface area contributed by atoms with E-state index in [1.807, 2.05) is 0 Å². The first-order valence-corrected chi connectivity index (χ1v) is 9.57. The van der Waals surface area contributed by atoms with Gasteiger partial charge in [-0.2, -0.15) is 0 Å². The molecule has 0 aliphatic carbocycles. The molecule has 4 heteroatoms. The average molecular weight is 348 g/mol. The van der Waals surface area contributed by atoms with E-state index in [2.05, 4.69) is 20.8 Å². The Hall–Kier alpha value is -1.84. The fourth-order valence-corrected chi connectivity index (χ4v) is 3.17. The SMILES string of the molecule is CCCCCCC(OC(=O)c1cccc(C(=O)O)c1)C(CC)CCC. The van der Waals surface area contributed by atoms with Crippen LogP contribution >= 0.6 is 0 Å². The average Bonchev–Trinajstić information content (AvgIpc) is 2.62. The van der Waals surface area contributed by atoms with Crippen molar-refractivity contribution in [2.24, 2.45) is 5.92 Å². The van der Waals surface area contributed by atoms with Crippen molar-refractivity contribution < 1.29 is 19.4 Å². The maximum atomic E-state index is 12.5. The molecule has 0 amide bonds. The lowest BCUT2D eigenvalue weighted by Gasteiger charge is -2.26. The van der Waals surface area contributed by atoms with Gasteiger partial charge in [0.15, 0.2) is 0 Å². The van der Waals surface area contributed by atoms with Crippen LogP contribution in [0.4, 0.5) is 0 Å². The van der Waals surface area contributed by atoms with Gasteiger partial charge < -0.3 is 9.84 Å². The minimum atomic E-state index is -1.04. The van der Waals surface area contributed by atoms with Crippen molar-refractivity contribution in [3.8, 4) is 0 Å². The van der Waals surface area contributed by atoms with Gasteiger partial charge in [-0.15, -0.1) is 0 Å². The molecule has 0 saturated carbocycles. The van der Waals surface area contributed by atoms with Crippen LogP contribution in [-0.4, -0.2) is 23.1 Å². The number of hydrogen-bond donors (Lipinski definition) is 1. The number of unbranched alkanes of at least 4 members (excludes halogenated alkanes) is 3. The topological polar surface area (TPSA) is 63.6 Å². The van der Waals surface area contributed by atoms with Crippen LogP contribution in [0.3, 0.4) is 0 Å². The van der Waals surface area contributed by atoms with Crippen LogP contribution < -0.4 is 0 Å². The summed E-state index contributed by atoms with van der Waals surface area (Å²) >= 11 is 0. The minimum absolute atomic E-state index is 0.0946. The summed E-state index contributed by atoms with van der Waals surface area (Å²) < 4.78 is 5.83. The van der Waals surface area contributed by atoms with Gasteiger partial charge in [0.25, 0.3) is 0 Å². The summed E-state index contributed by atoms with van der Waals surface area (Å²) in [6.07, 6.45) is 8.46. The third-order valence-electron chi connectivity index (χ3n) is 4.66. The van der Waals surface area contributed by atoms with Gasteiger partial charge in [0, 0.05) is 0 Å². The summed E-state index contributed by atoms with van der Waals surface area (Å²) in [4.78, 5) is 23.6. The van der Waals surface area contributed by atoms with Gasteiger partial charge in [0.2, 0.25) is 0 Å². The van der Waals surface area contributed by atoms with Crippen LogP contribution in [0.5, 0.6) is 0 Å². The molecule has 4 nitrogen and oxygen atoms in total. The van der Waals surface area contributed by atoms with Gasteiger partial charge >= 0.3 is 11.9 Å². The molecule has 2 atom stereocenters. The smallest absolute Gasteiger partial charge is 0.338 e. The van der Waals surface area contributed by atoms with Crippen LogP contribution in [0.25, 0.3) is 0 Å². The van der Waals surface area contributed by atoms with Gasteiger partial charge in [0.1, 0.15) is 6.10 Å². The van der Waals surface area contributed by atoms with Crippen molar-refractivity contribution in [2.45, 2.75) is 78.2 Å². The molecular weight excluding hydrogens is 316 g/mol. The van der Waals surface area contributed by atoms with Crippen LogP contribution in [0, 0.1) is 5.92 Å². The first-order chi connectivity index (χ1) is 12.0. The summed E-state index contributed by atoms with van der Waals surface area (Å²) in [6.45, 7) is 6.46. The van der Waals surface area contributed by atoms with Crippen molar-refractivity contribution in [3.63, 3.8) is 0 Å². The highest BCUT2D eigenvalue weighted by atomic mass is 16.5. The van der Waals surface area contributed by atoms with Crippen LogP contribution in [0.1, 0.15) is 92.9 Å². The van der Waals surface area contributed by atoms with Crippen LogP contribution in [0.15, 0.2) is 24.3 Å². The largest absolute Gasteiger partial charge is 0.478 e. The van der Waals surface area contributed by atoms with E-state index in [9.17, 15) is 9.59 Å². The van der Waals surface area contributed by atoms with Crippen LogP contribution in [-0.2, 0) is 4.74 Å². The number of carbonyl (C=O) groups excluding carboxylic acids is 1. The van der Waals surface area contributed by atoms with Crippen molar-refractivity contribution in [3.05, 3.63) is 35.4 Å². The highest BCUT2D eigenvalue weighted by molar-refractivity contribution is 5.94. The minimum Gasteiger partial charge on any atom is -0.478 e. The Morgan fingerprint density at radius 1 is 1.00 bits per heavy atom. The van der Waals surface area contributed by atoms with E-state index in [-0.39, 0.29) is 11.7 Å². The molecule has 0 saturated heterocycles. The molecule has 140 valence electrons. The maximum absolute atomic E-state index is 12.5. The molecule has 1 aromatic carbocycles. The highest BCUT2D eigenvalue weighted by Crippen LogP contribution is 2.24. The summed E-state index contributed by atoms with van der Waals surface area (Å²) in [5.41, 5.74) is 0.416. The summed E-state index contributed by atoms with van der Waals surface area (Å²) in [6, 6.07) is 6.07. The lowest BCUT2D eigenvalue weighted by atomic mass is 9.90. The Morgan fingerprint density at radius 2 is 1.72 bits per heavy atom. The number of hydrogen-bond acceptors (Lipinski definition) is 3. The van der Waals surface area contributed by atoms with Crippen molar-refractivity contribution in [1.82, 2.24) is 0 Å². The molecule has 0 spiro atoms. The summed E-state index contributed by atoms with van der Waals surface area (Å²) in [5.74, 6) is -1.10. The molecule has 1 N–H and O–H groups in total. The van der Waals surface area contributed by atoms with E-state index in [0.717, 1.165) is 38.5 Å². The third kappa shape index (κ3) is 7.29. The number of benzene rings is 1. The van der Waals surface area contributed by atoms with Gasteiger partial charge in [-0.1, -0.05) is 52.5 Å². The number of aromatic carboxylic acids is 1. The van der Waals surface area contributed by atoms with Crippen molar-refractivity contribution in [1.29, 1.82) is 0 Å². The normalized spacial score (nSPS) is 13.2. The van der Waals surface area contributed by atoms with Gasteiger partial charge in [-0.3, -0.25) is 0 Å². The highest BCUT2D eigenvalue weighted by Gasteiger charge is 2.24. The lowest BCUT2D eigenvalue weighted by molar-refractivity contribution is 0.00798. The molecule has 0 heterocycles. The van der Waals surface area contributed by atoms with Crippen molar-refractivity contribution in [2.75, 3.05) is 0 Å². The monoisotopic (exact) mass is 348 g/mol. The number of ether oxygens (including phenoxy) is 1. The van der Waals surface area contributed by atoms with Gasteiger partial charge in [-0.25, -0.2) is 9.59 Å². The van der Waals surface area contributed by atoms with Crippen LogP contribution in [0.2, 0.25) is 0 Å². The lowest BCUT2D eigenvalue weighted by Crippen LogP contribution is -2.27. The Kier molecular flexibility index (Phi) is 9.90. The van der Waals surface area contributed by atoms with E-state index in [0.29, 0.717) is 11.5 Å². The molecule has 25 heavy (non-hydrogen) atoms. The molecule has 0 fully saturated rings. The zero-order valence-electron chi connectivity index (χ0n) is 15.8. The second-order valence-corrected chi connectivity index (χ2v) is 6.64. The standard InChI is InChI=1S/C21H32O4/c1-4-7-8-9-14-19(16(6-3)11-5-2)25-21(24)18-13-10-12-17(15-18)20(22)23/h10,12-13,15-16,19H,4-9,11,14H2,1-3H3,(H,22,23). The zero-order chi connectivity index (χ0) is 18.7. The number of rotatable bonds is 12. The molecule has 0 aromatic heterocycles. The number of esters is 1. The molecule has 0 aliphatic rings. The fourth-order valence-electron chi connectivity index (χ4n) is 3.17. The number of carboxylic acid groups (broad SMARTS) is 1. The quantitative estimate of drug-likeness (QED) is 0.388. The Balaban J connectivity index is 2.81. The van der Waals surface area contributed by atoms with E-state index in [1.54, 1.807) is 12.1 Å². The van der Waals surface area contributed by atoms with E-state index < -0.39 is 11.9 Å². The summed E-state index contributed by atoms with van der Waals surface area (Å²) in [5, 5.41) is 9.08. The van der Waals surface area contributed by atoms with Gasteiger partial charge in [-0.05, 0) is 49.8 Å². The predicted molar refractivity (Wildman–Crippen MR) is 100 cm³/mol. The summed E-state index contributed by atoms with van der Waals surface area (Å²) in [7, 11) is 0. The Morgan fingerprint density at radius 3 is 2.32 bits per heavy atom. The molecule has 1 aromatic rings. The Labute approximate surface area is 151 Å². The van der Waals surface area contributed by atoms with E-state index in [4.69, 9.17) is 9.84 Å². The molecule has 1 rings (SSSR count). The first kappa shape index (κ1) is 21.2. The zero-order valence-corrected chi connectivity index (χ0v) is 15.8. The molecule has 0 aliphatic heterocycles. The molecule has 2 unspecified atom stereocenters. The molecule has 0 radical (unpaired) electrons. The second kappa shape index (κ2) is 11.7. The van der Waals surface area contributed by atoms with E-state index >= 15 is 0 Å². The number of carboxylic acids is 1. The van der Waals surface area contributed by atoms with E-state index in [1.165, 1.54) is 25.0 Å². The molecule has 0 bridgehead atoms. The van der Waals surface area contributed by atoms with Gasteiger partial charge in [0.05, 0.1) is 11.1 Å². The third-order valence-corrected chi connectivity index (χ3v) is 4.66. The van der Waals surface area contributed by atoms with Crippen molar-refractivity contribution >= 4 is 11.9 Å². The second-order valence-electron chi connectivity index (χ2n) is 6.64.